The molecule has 0 spiro atoms. The highest BCUT2D eigenvalue weighted by molar-refractivity contribution is 9.10. The van der Waals surface area contributed by atoms with E-state index in [2.05, 4.69) is 25.6 Å². The van der Waals surface area contributed by atoms with Gasteiger partial charge in [0.1, 0.15) is 4.66 Å². The zero-order valence-corrected chi connectivity index (χ0v) is 10.3. The van der Waals surface area contributed by atoms with Gasteiger partial charge in [-0.15, -0.1) is 0 Å². The normalized spacial score (nSPS) is 19.8. The Hall–Kier alpha value is 0.310. The van der Waals surface area contributed by atoms with Crippen LogP contribution in [0.3, 0.4) is 0 Å². The summed E-state index contributed by atoms with van der Waals surface area (Å²) in [5.74, 6) is 0. The number of alkyl halides is 1. The predicted octanol–water partition coefficient (Wildman–Crippen LogP) is -0.410. The highest BCUT2D eigenvalue weighted by Crippen LogP contribution is 1.96. The fourth-order valence-corrected chi connectivity index (χ4v) is 2.19. The van der Waals surface area contributed by atoms with Crippen molar-refractivity contribution in [2.45, 2.75) is 0 Å². The van der Waals surface area contributed by atoms with Crippen LogP contribution in [0.25, 0.3) is 0 Å². The Bertz CT molecular complexity index is 252. The molecule has 1 aliphatic rings. The molecule has 1 saturated heterocycles. The number of hydrogen-bond donors (Lipinski definition) is 1. The summed E-state index contributed by atoms with van der Waals surface area (Å²) >= 11 is 2.91. The molecule has 0 bridgehead atoms. The van der Waals surface area contributed by atoms with Crippen LogP contribution in [0.4, 0.5) is 0 Å². The molecule has 1 heterocycles. The van der Waals surface area contributed by atoms with Crippen LogP contribution in [0, 0.1) is 0 Å². The lowest BCUT2D eigenvalue weighted by molar-refractivity contribution is 0.0390. The summed E-state index contributed by atoms with van der Waals surface area (Å²) in [5.41, 5.74) is 0. The lowest BCUT2D eigenvalue weighted by Gasteiger charge is -2.26. The van der Waals surface area contributed by atoms with Gasteiger partial charge in [0.15, 0.2) is 0 Å². The molecule has 0 aromatic heterocycles. The van der Waals surface area contributed by atoms with Crippen LogP contribution < -0.4 is 4.72 Å². The fraction of sp³-hybridized carbons (Fsp3) is 1.00. The van der Waals surface area contributed by atoms with Gasteiger partial charge in [-0.1, -0.05) is 15.9 Å². The van der Waals surface area contributed by atoms with E-state index in [1.54, 1.807) is 0 Å². The Morgan fingerprint density at radius 3 is 2.57 bits per heavy atom. The van der Waals surface area contributed by atoms with Crippen LogP contribution in [0.15, 0.2) is 0 Å². The van der Waals surface area contributed by atoms with Crippen LogP contribution in [-0.4, -0.2) is 57.4 Å². The molecular weight excluding hydrogens is 272 g/mol. The highest BCUT2D eigenvalue weighted by Gasteiger charge is 2.11. The molecule has 1 aliphatic heterocycles. The van der Waals surface area contributed by atoms with Crippen molar-refractivity contribution in [3.05, 3.63) is 0 Å². The zero-order valence-electron chi connectivity index (χ0n) is 7.91. The average Bonchev–Trinajstić information content (AvgIpc) is 2.19. The first-order valence-electron chi connectivity index (χ1n) is 4.47. The first-order chi connectivity index (χ1) is 6.64. The van der Waals surface area contributed by atoms with E-state index in [0.717, 1.165) is 32.8 Å². The predicted molar refractivity (Wildman–Crippen MR) is 58.0 cm³/mol. The van der Waals surface area contributed by atoms with Crippen molar-refractivity contribution < 1.29 is 13.2 Å². The van der Waals surface area contributed by atoms with Crippen molar-refractivity contribution in [1.82, 2.24) is 9.62 Å². The van der Waals surface area contributed by atoms with E-state index in [9.17, 15) is 8.42 Å². The lowest BCUT2D eigenvalue weighted by Crippen LogP contribution is -2.41. The summed E-state index contributed by atoms with van der Waals surface area (Å²) < 4.78 is 29.7. The van der Waals surface area contributed by atoms with Crippen molar-refractivity contribution in [3.8, 4) is 0 Å². The second-order valence-corrected chi connectivity index (χ2v) is 6.18. The fourth-order valence-electron chi connectivity index (χ4n) is 1.22. The van der Waals surface area contributed by atoms with E-state index in [1.807, 2.05) is 0 Å². The molecule has 84 valence electrons. The van der Waals surface area contributed by atoms with E-state index in [0.29, 0.717) is 6.54 Å². The van der Waals surface area contributed by atoms with Crippen LogP contribution in [0.2, 0.25) is 0 Å². The second-order valence-electron chi connectivity index (χ2n) is 3.07. The standard InChI is InChI=1S/C7H15BrN2O3S/c8-7-14(11,12)9-1-2-10-3-5-13-6-4-10/h9H,1-7H2. The number of hydrogen-bond acceptors (Lipinski definition) is 4. The van der Waals surface area contributed by atoms with Gasteiger partial charge >= 0.3 is 0 Å². The van der Waals surface area contributed by atoms with Crippen LogP contribution in [-0.2, 0) is 14.8 Å². The molecule has 5 nitrogen and oxygen atoms in total. The minimum Gasteiger partial charge on any atom is -0.379 e. The molecule has 0 saturated carbocycles. The van der Waals surface area contributed by atoms with Gasteiger partial charge in [0, 0.05) is 26.2 Å². The molecule has 0 aromatic carbocycles. The Morgan fingerprint density at radius 1 is 1.36 bits per heavy atom. The summed E-state index contributed by atoms with van der Waals surface area (Å²) in [6, 6.07) is 0. The SMILES string of the molecule is O=S(=O)(CBr)NCCN1CCOCC1. The van der Waals surface area contributed by atoms with Crippen molar-refractivity contribution >= 4 is 26.0 Å². The molecule has 0 aromatic rings. The average molecular weight is 287 g/mol. The van der Waals surface area contributed by atoms with Gasteiger partial charge in [-0.05, 0) is 0 Å². The molecular formula is C7H15BrN2O3S. The molecule has 7 heteroatoms. The zero-order chi connectivity index (χ0) is 10.4. The maximum atomic E-state index is 11.0. The second kappa shape index (κ2) is 6.02. The summed E-state index contributed by atoms with van der Waals surface area (Å²) in [6.45, 7) is 4.46. The molecule has 0 amide bonds. The number of sulfonamides is 1. The topological polar surface area (TPSA) is 58.6 Å². The highest BCUT2D eigenvalue weighted by atomic mass is 79.9. The minimum atomic E-state index is -3.11. The number of rotatable bonds is 5. The number of ether oxygens (including phenoxy) is 1. The van der Waals surface area contributed by atoms with E-state index < -0.39 is 10.0 Å². The summed E-state index contributed by atoms with van der Waals surface area (Å²) in [5, 5.41) is 0. The molecule has 0 atom stereocenters. The Labute approximate surface area is 93.0 Å². The number of morpholine rings is 1. The maximum Gasteiger partial charge on any atom is 0.221 e. The summed E-state index contributed by atoms with van der Waals surface area (Å²) in [6.07, 6.45) is 0. The molecule has 0 radical (unpaired) electrons. The lowest BCUT2D eigenvalue weighted by atomic mass is 10.4. The van der Waals surface area contributed by atoms with Crippen molar-refractivity contribution in [2.75, 3.05) is 44.1 Å². The third-order valence-corrected chi connectivity index (χ3v) is 4.74. The van der Waals surface area contributed by atoms with Gasteiger partial charge in [-0.25, -0.2) is 13.1 Å². The third kappa shape index (κ3) is 4.70. The summed E-state index contributed by atoms with van der Waals surface area (Å²) in [7, 11) is -3.11. The third-order valence-electron chi connectivity index (χ3n) is 2.00. The first-order valence-corrected chi connectivity index (χ1v) is 7.25. The number of halogens is 1. The van der Waals surface area contributed by atoms with Gasteiger partial charge in [0.25, 0.3) is 0 Å². The van der Waals surface area contributed by atoms with Crippen LogP contribution in [0.5, 0.6) is 0 Å². The Morgan fingerprint density at radius 2 is 2.00 bits per heavy atom. The van der Waals surface area contributed by atoms with Gasteiger partial charge in [-0.2, -0.15) is 0 Å². The Balaban J connectivity index is 2.14. The van der Waals surface area contributed by atoms with E-state index in [1.165, 1.54) is 0 Å². The Kier molecular flexibility index (Phi) is 5.32. The van der Waals surface area contributed by atoms with Gasteiger partial charge in [-0.3, -0.25) is 4.90 Å². The summed E-state index contributed by atoms with van der Waals surface area (Å²) in [4.78, 5) is 2.18. The van der Waals surface area contributed by atoms with Crippen molar-refractivity contribution in [2.24, 2.45) is 0 Å². The molecule has 1 N–H and O–H groups in total. The molecule has 0 unspecified atom stereocenters. The van der Waals surface area contributed by atoms with Crippen molar-refractivity contribution in [3.63, 3.8) is 0 Å². The van der Waals surface area contributed by atoms with E-state index in [4.69, 9.17) is 4.74 Å². The number of nitrogens with zero attached hydrogens (tertiary/aromatic N) is 1. The van der Waals surface area contributed by atoms with Crippen LogP contribution in [0.1, 0.15) is 0 Å². The minimum absolute atomic E-state index is 0.0386. The van der Waals surface area contributed by atoms with Crippen molar-refractivity contribution in [1.29, 1.82) is 0 Å². The van der Waals surface area contributed by atoms with Gasteiger partial charge < -0.3 is 4.74 Å². The molecule has 0 aliphatic carbocycles. The largest absolute Gasteiger partial charge is 0.379 e. The molecule has 1 fully saturated rings. The quantitative estimate of drug-likeness (QED) is 0.698. The van der Waals surface area contributed by atoms with E-state index >= 15 is 0 Å². The first kappa shape index (κ1) is 12.4. The monoisotopic (exact) mass is 286 g/mol. The van der Waals surface area contributed by atoms with Gasteiger partial charge in [0.05, 0.1) is 13.2 Å². The van der Waals surface area contributed by atoms with Crippen LogP contribution >= 0.6 is 15.9 Å². The smallest absolute Gasteiger partial charge is 0.221 e. The van der Waals surface area contributed by atoms with E-state index in [-0.39, 0.29) is 4.66 Å². The maximum absolute atomic E-state index is 11.0. The van der Waals surface area contributed by atoms with Gasteiger partial charge in [0.2, 0.25) is 10.0 Å². The molecule has 1 rings (SSSR count). The molecule has 14 heavy (non-hydrogen) atoms. The number of nitrogens with one attached hydrogen (secondary N) is 1.